The van der Waals surface area contributed by atoms with E-state index in [4.69, 9.17) is 0 Å². The zero-order valence-corrected chi connectivity index (χ0v) is 21.9. The molecule has 1 unspecified atom stereocenters. The Kier molecular flexibility index (Phi) is 10.2. The third-order valence-corrected chi connectivity index (χ3v) is 6.71. The highest BCUT2D eigenvalue weighted by molar-refractivity contribution is 7.92. The van der Waals surface area contributed by atoms with E-state index in [1.807, 2.05) is 52.0 Å². The van der Waals surface area contributed by atoms with Crippen LogP contribution in [0, 0.1) is 12.7 Å². The average molecular weight is 506 g/mol. The lowest BCUT2D eigenvalue weighted by atomic mass is 10.1. The second-order valence-corrected chi connectivity index (χ2v) is 10.9. The molecule has 0 bridgehead atoms. The number of rotatable bonds is 12. The molecule has 2 amide bonds. The van der Waals surface area contributed by atoms with Gasteiger partial charge in [0.05, 0.1) is 11.9 Å². The second kappa shape index (κ2) is 12.7. The van der Waals surface area contributed by atoms with Crippen molar-refractivity contribution in [2.24, 2.45) is 0 Å². The first kappa shape index (κ1) is 28.3. The normalized spacial score (nSPS) is 12.3. The number of carbonyl (C=O) groups is 2. The third-order valence-electron chi connectivity index (χ3n) is 5.53. The first-order chi connectivity index (χ1) is 16.4. The van der Waals surface area contributed by atoms with Crippen LogP contribution >= 0.6 is 0 Å². The SMILES string of the molecule is CCC(C(=O)NC(C)C)N(Cc1cccc(C)c1)C(=O)CCCN(c1ccccc1F)S(C)(=O)=O. The van der Waals surface area contributed by atoms with Crippen LogP contribution in [0.1, 0.15) is 51.2 Å². The van der Waals surface area contributed by atoms with Crippen molar-refractivity contribution in [1.82, 2.24) is 10.2 Å². The number of benzene rings is 2. The summed E-state index contributed by atoms with van der Waals surface area (Å²) in [4.78, 5) is 27.8. The molecule has 0 heterocycles. The van der Waals surface area contributed by atoms with Gasteiger partial charge in [-0.3, -0.25) is 13.9 Å². The summed E-state index contributed by atoms with van der Waals surface area (Å²) in [6, 6.07) is 12.6. The molecule has 9 heteroatoms. The van der Waals surface area contributed by atoms with Gasteiger partial charge in [0.2, 0.25) is 21.8 Å². The lowest BCUT2D eigenvalue weighted by Crippen LogP contribution is -2.50. The number of nitrogens with one attached hydrogen (secondary N) is 1. The maximum Gasteiger partial charge on any atom is 0.243 e. The van der Waals surface area contributed by atoms with Crippen molar-refractivity contribution in [3.8, 4) is 0 Å². The van der Waals surface area contributed by atoms with Crippen LogP contribution in [0.3, 0.4) is 0 Å². The third kappa shape index (κ3) is 8.35. The molecule has 0 aromatic heterocycles. The second-order valence-electron chi connectivity index (χ2n) is 8.99. The van der Waals surface area contributed by atoms with Gasteiger partial charge in [0.1, 0.15) is 11.9 Å². The number of sulfonamides is 1. The highest BCUT2D eigenvalue weighted by Crippen LogP contribution is 2.22. The van der Waals surface area contributed by atoms with Crippen LogP contribution in [0.2, 0.25) is 0 Å². The summed E-state index contributed by atoms with van der Waals surface area (Å²) in [7, 11) is -3.76. The summed E-state index contributed by atoms with van der Waals surface area (Å²) >= 11 is 0. The van der Waals surface area contributed by atoms with E-state index < -0.39 is 21.9 Å². The van der Waals surface area contributed by atoms with Gasteiger partial charge < -0.3 is 10.2 Å². The molecule has 0 saturated carbocycles. The van der Waals surface area contributed by atoms with Crippen LogP contribution in [0.25, 0.3) is 0 Å². The lowest BCUT2D eigenvalue weighted by molar-refractivity contribution is -0.141. The molecular weight excluding hydrogens is 469 g/mol. The van der Waals surface area contributed by atoms with Crippen LogP contribution in [0.15, 0.2) is 48.5 Å². The number of nitrogens with zero attached hydrogens (tertiary/aromatic N) is 2. The molecule has 0 aliphatic heterocycles. The summed E-state index contributed by atoms with van der Waals surface area (Å²) < 4.78 is 39.9. The Balaban J connectivity index is 2.23. The molecule has 0 saturated heterocycles. The predicted octanol–water partition coefficient (Wildman–Crippen LogP) is 4.01. The number of aryl methyl sites for hydroxylation is 1. The minimum Gasteiger partial charge on any atom is -0.352 e. The van der Waals surface area contributed by atoms with Crippen molar-refractivity contribution in [2.75, 3.05) is 17.1 Å². The molecule has 2 aromatic carbocycles. The lowest BCUT2D eigenvalue weighted by Gasteiger charge is -2.31. The minimum absolute atomic E-state index is 0.0117. The zero-order chi connectivity index (χ0) is 26.2. The standard InChI is InChI=1S/C26H36FN3O4S/c1-6-23(26(32)28-19(2)3)29(18-21-12-9-11-20(4)17-21)25(31)15-10-16-30(35(5,33)34)24-14-8-7-13-22(24)27/h7-9,11-14,17,19,23H,6,10,15-16,18H2,1-5H3,(H,28,32). The number of amides is 2. The monoisotopic (exact) mass is 505 g/mol. The fourth-order valence-electron chi connectivity index (χ4n) is 3.94. The number of carbonyl (C=O) groups excluding carboxylic acids is 2. The smallest absolute Gasteiger partial charge is 0.243 e. The Morgan fingerprint density at radius 1 is 1.09 bits per heavy atom. The largest absolute Gasteiger partial charge is 0.352 e. The zero-order valence-electron chi connectivity index (χ0n) is 21.1. The van der Waals surface area contributed by atoms with Crippen LogP contribution in [-0.2, 0) is 26.2 Å². The van der Waals surface area contributed by atoms with Gasteiger partial charge >= 0.3 is 0 Å². The molecule has 0 radical (unpaired) electrons. The van der Waals surface area contributed by atoms with Gasteiger partial charge in [-0.1, -0.05) is 48.9 Å². The van der Waals surface area contributed by atoms with Gasteiger partial charge in [-0.25, -0.2) is 12.8 Å². The van der Waals surface area contributed by atoms with Gasteiger partial charge in [-0.05, 0) is 51.3 Å². The number of halogens is 1. The molecular formula is C26H36FN3O4S. The Morgan fingerprint density at radius 2 is 1.77 bits per heavy atom. The molecule has 192 valence electrons. The fraction of sp³-hybridized carbons (Fsp3) is 0.462. The van der Waals surface area contributed by atoms with Crippen LogP contribution in [0.5, 0.6) is 0 Å². The van der Waals surface area contributed by atoms with Gasteiger partial charge in [-0.2, -0.15) is 0 Å². The summed E-state index contributed by atoms with van der Waals surface area (Å²) in [6.45, 7) is 7.73. The number of para-hydroxylation sites is 1. The van der Waals surface area contributed by atoms with E-state index in [9.17, 15) is 22.4 Å². The van der Waals surface area contributed by atoms with E-state index in [0.717, 1.165) is 21.7 Å². The highest BCUT2D eigenvalue weighted by Gasteiger charge is 2.29. The predicted molar refractivity (Wildman–Crippen MR) is 137 cm³/mol. The van der Waals surface area contributed by atoms with E-state index in [-0.39, 0.29) is 49.5 Å². The maximum atomic E-state index is 14.3. The van der Waals surface area contributed by atoms with E-state index in [1.54, 1.807) is 11.0 Å². The van der Waals surface area contributed by atoms with E-state index in [2.05, 4.69) is 5.32 Å². The number of hydrogen-bond acceptors (Lipinski definition) is 4. The van der Waals surface area contributed by atoms with Crippen LogP contribution < -0.4 is 9.62 Å². The molecule has 2 aromatic rings. The van der Waals surface area contributed by atoms with Gasteiger partial charge in [-0.15, -0.1) is 0 Å². The first-order valence-electron chi connectivity index (χ1n) is 11.8. The van der Waals surface area contributed by atoms with E-state index >= 15 is 0 Å². The molecule has 1 N–H and O–H groups in total. The van der Waals surface area contributed by atoms with E-state index in [0.29, 0.717) is 6.42 Å². The molecule has 1 atom stereocenters. The summed E-state index contributed by atoms with van der Waals surface area (Å²) in [5, 5.41) is 2.89. The molecule has 0 aliphatic rings. The van der Waals surface area contributed by atoms with Crippen molar-refractivity contribution < 1.29 is 22.4 Å². The highest BCUT2D eigenvalue weighted by atomic mass is 32.2. The summed E-state index contributed by atoms with van der Waals surface area (Å²) in [5.41, 5.74) is 1.89. The van der Waals surface area contributed by atoms with Gasteiger partial charge in [0.15, 0.2) is 0 Å². The van der Waals surface area contributed by atoms with Gasteiger partial charge in [0.25, 0.3) is 0 Å². The molecule has 35 heavy (non-hydrogen) atoms. The molecule has 0 fully saturated rings. The average Bonchev–Trinajstić information content (AvgIpc) is 2.76. The fourth-order valence-corrected chi connectivity index (χ4v) is 4.91. The van der Waals surface area contributed by atoms with Crippen molar-refractivity contribution >= 4 is 27.5 Å². The number of anilines is 1. The molecule has 7 nitrogen and oxygen atoms in total. The first-order valence-corrected chi connectivity index (χ1v) is 13.7. The van der Waals surface area contributed by atoms with Crippen molar-refractivity contribution in [1.29, 1.82) is 0 Å². The topological polar surface area (TPSA) is 86.8 Å². The van der Waals surface area contributed by atoms with E-state index in [1.165, 1.54) is 18.2 Å². The van der Waals surface area contributed by atoms with Crippen molar-refractivity contribution in [3.63, 3.8) is 0 Å². The summed E-state index contributed by atoms with van der Waals surface area (Å²) in [6.07, 6.45) is 1.63. The van der Waals surface area contributed by atoms with Crippen molar-refractivity contribution in [3.05, 3.63) is 65.5 Å². The molecule has 0 aliphatic carbocycles. The molecule has 0 spiro atoms. The Hall–Kier alpha value is -2.94. The minimum atomic E-state index is -3.76. The van der Waals surface area contributed by atoms with Crippen LogP contribution in [0.4, 0.5) is 10.1 Å². The number of hydrogen-bond donors (Lipinski definition) is 1. The maximum absolute atomic E-state index is 14.3. The Morgan fingerprint density at radius 3 is 2.34 bits per heavy atom. The Bertz CT molecular complexity index is 1120. The quantitative estimate of drug-likeness (QED) is 0.472. The van der Waals surface area contributed by atoms with Crippen LogP contribution in [-0.4, -0.2) is 50.0 Å². The van der Waals surface area contributed by atoms with Crippen molar-refractivity contribution in [2.45, 2.75) is 65.6 Å². The van der Waals surface area contributed by atoms with Gasteiger partial charge in [0, 0.05) is 25.6 Å². The Labute approximate surface area is 208 Å². The summed E-state index contributed by atoms with van der Waals surface area (Å²) in [5.74, 6) is -1.14. The molecule has 2 rings (SSSR count).